The van der Waals surface area contributed by atoms with Gasteiger partial charge in [-0.1, -0.05) is 12.1 Å². The summed E-state index contributed by atoms with van der Waals surface area (Å²) < 4.78 is 6.17. The van der Waals surface area contributed by atoms with E-state index in [9.17, 15) is 5.11 Å². The minimum Gasteiger partial charge on any atom is -0.508 e. The van der Waals surface area contributed by atoms with Gasteiger partial charge >= 0.3 is 0 Å². The number of phenolic OH excluding ortho intramolecular Hbond substituents is 1. The Kier molecular flexibility index (Phi) is 5.49. The molecule has 1 atom stereocenters. The molecule has 0 amide bonds. The fourth-order valence-electron chi connectivity index (χ4n) is 3.22. The highest BCUT2D eigenvalue weighted by atomic mass is 79.9. The first kappa shape index (κ1) is 18.0. The van der Waals surface area contributed by atoms with E-state index in [2.05, 4.69) is 43.7 Å². The van der Waals surface area contributed by atoms with Gasteiger partial charge in [0.15, 0.2) is 0 Å². The van der Waals surface area contributed by atoms with Crippen LogP contribution in [0.1, 0.15) is 24.1 Å². The molecule has 0 radical (unpaired) electrons. The second kappa shape index (κ2) is 7.62. The van der Waals surface area contributed by atoms with E-state index in [-0.39, 0.29) is 0 Å². The van der Waals surface area contributed by atoms with Gasteiger partial charge in [0.05, 0.1) is 11.6 Å². The van der Waals surface area contributed by atoms with Crippen LogP contribution in [0.25, 0.3) is 0 Å². The molecule has 1 fully saturated rings. The maximum atomic E-state index is 9.72. The number of aromatic nitrogens is 1. The highest BCUT2D eigenvalue weighted by Gasteiger charge is 2.23. The number of hydrogen-bond donors (Lipinski definition) is 1. The van der Waals surface area contributed by atoms with Crippen molar-refractivity contribution in [3.8, 4) is 11.6 Å². The smallest absolute Gasteiger partial charge is 0.229 e. The van der Waals surface area contributed by atoms with Crippen LogP contribution in [0.5, 0.6) is 11.6 Å². The largest absolute Gasteiger partial charge is 0.508 e. The molecular weight excluding hydrogens is 382 g/mol. The van der Waals surface area contributed by atoms with Gasteiger partial charge in [0.25, 0.3) is 0 Å². The predicted molar refractivity (Wildman–Crippen MR) is 104 cm³/mol. The Balaban J connectivity index is 1.66. The average Bonchev–Trinajstić information content (AvgIpc) is 2.64. The van der Waals surface area contributed by atoms with Crippen molar-refractivity contribution in [2.24, 2.45) is 0 Å². The van der Waals surface area contributed by atoms with E-state index < -0.39 is 0 Å². The van der Waals surface area contributed by atoms with Gasteiger partial charge in [0, 0.05) is 32.2 Å². The topological polar surface area (TPSA) is 48.8 Å². The molecule has 5 nitrogen and oxygen atoms in total. The number of anilines is 1. The van der Waals surface area contributed by atoms with Crippen molar-refractivity contribution in [1.82, 2.24) is 9.88 Å². The third-order valence-electron chi connectivity index (χ3n) is 4.88. The molecule has 0 aliphatic carbocycles. The molecule has 0 saturated carbocycles. The zero-order valence-electron chi connectivity index (χ0n) is 14.9. The molecule has 1 saturated heterocycles. The van der Waals surface area contributed by atoms with Gasteiger partial charge in [-0.3, -0.25) is 4.90 Å². The predicted octanol–water partition coefficient (Wildman–Crippen LogP) is 3.75. The maximum Gasteiger partial charge on any atom is 0.229 e. The number of phenols is 1. The van der Waals surface area contributed by atoms with E-state index in [0.717, 1.165) is 42.0 Å². The Labute approximate surface area is 157 Å². The lowest BCUT2D eigenvalue weighted by atomic mass is 10.0. The third-order valence-corrected chi connectivity index (χ3v) is 5.49. The van der Waals surface area contributed by atoms with Gasteiger partial charge in [-0.25, -0.2) is 0 Å². The van der Waals surface area contributed by atoms with Crippen LogP contribution in [0.3, 0.4) is 0 Å². The minimum absolute atomic E-state index is 0.328. The first-order valence-corrected chi connectivity index (χ1v) is 9.28. The molecule has 0 spiro atoms. The summed E-state index contributed by atoms with van der Waals surface area (Å²) in [6.45, 7) is 7.97. The molecule has 2 heterocycles. The van der Waals surface area contributed by atoms with Gasteiger partial charge in [0.2, 0.25) is 5.88 Å². The molecule has 1 aliphatic heterocycles. The summed E-state index contributed by atoms with van der Waals surface area (Å²) in [5.41, 5.74) is 2.17. The van der Waals surface area contributed by atoms with Crippen molar-refractivity contribution in [2.75, 3.05) is 38.2 Å². The summed E-state index contributed by atoms with van der Waals surface area (Å²) in [7, 11) is 1.64. The zero-order valence-corrected chi connectivity index (χ0v) is 16.5. The quantitative estimate of drug-likeness (QED) is 0.838. The molecule has 0 bridgehead atoms. The summed E-state index contributed by atoms with van der Waals surface area (Å²) in [5, 5.41) is 9.72. The highest BCUT2D eigenvalue weighted by molar-refractivity contribution is 9.10. The summed E-state index contributed by atoms with van der Waals surface area (Å²) in [6.07, 6.45) is 0. The molecule has 2 aromatic rings. The van der Waals surface area contributed by atoms with E-state index in [1.165, 1.54) is 5.56 Å². The zero-order chi connectivity index (χ0) is 18.0. The van der Waals surface area contributed by atoms with Crippen LogP contribution in [0.2, 0.25) is 0 Å². The third kappa shape index (κ3) is 3.90. The monoisotopic (exact) mass is 405 g/mol. The van der Waals surface area contributed by atoms with Crippen molar-refractivity contribution in [3.63, 3.8) is 0 Å². The van der Waals surface area contributed by atoms with Gasteiger partial charge in [-0.15, -0.1) is 0 Å². The second-order valence-electron chi connectivity index (χ2n) is 6.41. The van der Waals surface area contributed by atoms with Crippen molar-refractivity contribution in [3.05, 3.63) is 45.9 Å². The normalized spacial score (nSPS) is 16.7. The van der Waals surface area contributed by atoms with Crippen molar-refractivity contribution >= 4 is 21.7 Å². The van der Waals surface area contributed by atoms with Gasteiger partial charge in [-0.05, 0) is 59.1 Å². The number of methoxy groups -OCH3 is 1. The van der Waals surface area contributed by atoms with Crippen LogP contribution in [0.15, 0.2) is 34.8 Å². The Morgan fingerprint density at radius 2 is 1.88 bits per heavy atom. The number of aryl methyl sites for hydroxylation is 1. The van der Waals surface area contributed by atoms with Gasteiger partial charge < -0.3 is 14.7 Å². The van der Waals surface area contributed by atoms with E-state index in [1.807, 2.05) is 25.1 Å². The van der Waals surface area contributed by atoms with Crippen LogP contribution in [0, 0.1) is 6.92 Å². The molecule has 1 aromatic carbocycles. The number of aromatic hydroxyl groups is 1. The van der Waals surface area contributed by atoms with E-state index in [0.29, 0.717) is 17.7 Å². The number of nitrogens with zero attached hydrogens (tertiary/aromatic N) is 3. The van der Waals surface area contributed by atoms with Crippen LogP contribution < -0.4 is 9.64 Å². The Morgan fingerprint density at radius 1 is 1.16 bits per heavy atom. The van der Waals surface area contributed by atoms with Gasteiger partial charge in [-0.2, -0.15) is 4.98 Å². The second-order valence-corrected chi connectivity index (χ2v) is 7.26. The van der Waals surface area contributed by atoms with Crippen LogP contribution in [-0.2, 0) is 0 Å². The van der Waals surface area contributed by atoms with Crippen LogP contribution in [0.4, 0.5) is 5.82 Å². The maximum absolute atomic E-state index is 9.72. The Morgan fingerprint density at radius 3 is 2.52 bits per heavy atom. The lowest BCUT2D eigenvalue weighted by Gasteiger charge is -2.38. The van der Waals surface area contributed by atoms with Crippen molar-refractivity contribution in [2.45, 2.75) is 19.9 Å². The number of pyridine rings is 1. The fraction of sp³-hybridized carbons (Fsp3) is 0.421. The molecule has 1 N–H and O–H groups in total. The standard InChI is InChI=1S/C19H24BrN3O2/c1-13-12-15(4-6-17(13)24)14(2)22-8-10-23(11-9-22)18-7-5-16(20)19(21-18)25-3/h4-7,12,14,24H,8-11H2,1-3H3. The molecule has 1 aliphatic rings. The SMILES string of the molecule is COc1nc(N2CCN(C(C)c3ccc(O)c(C)c3)CC2)ccc1Br. The number of ether oxygens (including phenoxy) is 1. The first-order chi connectivity index (χ1) is 12.0. The number of halogens is 1. The number of benzene rings is 1. The molecule has 1 aromatic heterocycles. The summed E-state index contributed by atoms with van der Waals surface area (Å²) in [6, 6.07) is 10.2. The molecule has 3 rings (SSSR count). The average molecular weight is 406 g/mol. The van der Waals surface area contributed by atoms with Crippen molar-refractivity contribution < 1.29 is 9.84 Å². The summed E-state index contributed by atoms with van der Waals surface area (Å²) >= 11 is 3.45. The Bertz CT molecular complexity index is 745. The number of rotatable bonds is 4. The van der Waals surface area contributed by atoms with Crippen molar-refractivity contribution in [1.29, 1.82) is 0 Å². The lowest BCUT2D eigenvalue weighted by Crippen LogP contribution is -2.47. The molecular formula is C19H24BrN3O2. The van der Waals surface area contributed by atoms with Gasteiger partial charge in [0.1, 0.15) is 11.6 Å². The summed E-state index contributed by atoms with van der Waals surface area (Å²) in [5.74, 6) is 1.93. The molecule has 1 unspecified atom stereocenters. The molecule has 134 valence electrons. The fourth-order valence-corrected chi connectivity index (χ4v) is 3.60. The van der Waals surface area contributed by atoms with E-state index >= 15 is 0 Å². The van der Waals surface area contributed by atoms with E-state index in [1.54, 1.807) is 13.2 Å². The number of hydrogen-bond acceptors (Lipinski definition) is 5. The van der Waals surface area contributed by atoms with Crippen LogP contribution in [-0.4, -0.2) is 48.3 Å². The van der Waals surface area contributed by atoms with E-state index in [4.69, 9.17) is 4.74 Å². The highest BCUT2D eigenvalue weighted by Crippen LogP contribution is 2.29. The molecule has 25 heavy (non-hydrogen) atoms. The Hall–Kier alpha value is -1.79. The molecule has 6 heteroatoms. The summed E-state index contributed by atoms with van der Waals surface area (Å²) in [4.78, 5) is 9.34. The van der Waals surface area contributed by atoms with Crippen LogP contribution >= 0.6 is 15.9 Å². The minimum atomic E-state index is 0.328. The first-order valence-electron chi connectivity index (χ1n) is 8.48. The number of piperazine rings is 1. The lowest BCUT2D eigenvalue weighted by molar-refractivity contribution is 0.198.